The largest absolute Gasteiger partial charge is 0.333 e. The van der Waals surface area contributed by atoms with Crippen molar-refractivity contribution in [3.05, 3.63) is 73.9 Å². The van der Waals surface area contributed by atoms with E-state index in [2.05, 4.69) is 11.1 Å². The molecule has 4 rings (SSSR count). The number of nitrogens with one attached hydrogen (secondary N) is 1. The number of H-pyrrole nitrogens is 1. The molecule has 4 heteroatoms. The van der Waals surface area contributed by atoms with Gasteiger partial charge in [-0.3, -0.25) is 14.3 Å². The fraction of sp³-hybridized carbons (Fsp3) is 0.263. The predicted octanol–water partition coefficient (Wildman–Crippen LogP) is 3.17. The summed E-state index contributed by atoms with van der Waals surface area (Å²) in [5, 5.41) is 0.595. The van der Waals surface area contributed by atoms with Crippen molar-refractivity contribution in [2.75, 3.05) is 0 Å². The SMILES string of the molecule is Cc1ccccc1-n1c(=O)[nH]c(=O)c2c(C)cc(C3CC3)cc21. The Morgan fingerprint density at radius 1 is 1.04 bits per heavy atom. The molecule has 23 heavy (non-hydrogen) atoms. The highest BCUT2D eigenvalue weighted by atomic mass is 16.2. The number of fused-ring (bicyclic) bond motifs is 1. The summed E-state index contributed by atoms with van der Waals surface area (Å²) in [7, 11) is 0. The first-order valence-corrected chi connectivity index (χ1v) is 7.92. The molecule has 116 valence electrons. The molecule has 1 aromatic heterocycles. The van der Waals surface area contributed by atoms with Gasteiger partial charge in [-0.1, -0.05) is 24.3 Å². The number of nitrogens with zero attached hydrogens (tertiary/aromatic N) is 1. The molecular formula is C19H18N2O2. The summed E-state index contributed by atoms with van der Waals surface area (Å²) in [4.78, 5) is 27.3. The first-order chi connectivity index (χ1) is 11.1. The lowest BCUT2D eigenvalue weighted by atomic mass is 10.0. The summed E-state index contributed by atoms with van der Waals surface area (Å²) in [6.45, 7) is 3.91. The number of para-hydroxylation sites is 1. The van der Waals surface area contributed by atoms with Gasteiger partial charge in [0.1, 0.15) is 0 Å². The van der Waals surface area contributed by atoms with Crippen molar-refractivity contribution < 1.29 is 0 Å². The number of hydrogen-bond acceptors (Lipinski definition) is 2. The van der Waals surface area contributed by atoms with E-state index in [1.54, 1.807) is 4.57 Å². The van der Waals surface area contributed by atoms with Crippen LogP contribution in [0.15, 0.2) is 46.0 Å². The monoisotopic (exact) mass is 306 g/mol. The van der Waals surface area contributed by atoms with Crippen LogP contribution in [0.4, 0.5) is 0 Å². The summed E-state index contributed by atoms with van der Waals surface area (Å²) < 4.78 is 1.63. The van der Waals surface area contributed by atoms with E-state index in [-0.39, 0.29) is 11.2 Å². The first kappa shape index (κ1) is 14.0. The third-order valence-corrected chi connectivity index (χ3v) is 4.63. The van der Waals surface area contributed by atoms with Crippen LogP contribution in [0.25, 0.3) is 16.6 Å². The zero-order chi connectivity index (χ0) is 16.1. The van der Waals surface area contributed by atoms with Crippen LogP contribution in [-0.4, -0.2) is 9.55 Å². The lowest BCUT2D eigenvalue weighted by Crippen LogP contribution is -2.30. The Hall–Kier alpha value is -2.62. The number of aromatic nitrogens is 2. The minimum Gasteiger partial charge on any atom is -0.273 e. The van der Waals surface area contributed by atoms with Gasteiger partial charge in [0.15, 0.2) is 0 Å². The molecule has 1 aliphatic carbocycles. The molecule has 0 bridgehead atoms. The van der Waals surface area contributed by atoms with Crippen molar-refractivity contribution in [3.8, 4) is 5.69 Å². The molecule has 0 saturated heterocycles. The number of hydrogen-bond donors (Lipinski definition) is 1. The predicted molar refractivity (Wildman–Crippen MR) is 91.6 cm³/mol. The van der Waals surface area contributed by atoms with Crippen molar-refractivity contribution >= 4 is 10.9 Å². The van der Waals surface area contributed by atoms with Crippen LogP contribution < -0.4 is 11.2 Å². The molecule has 0 radical (unpaired) electrons. The second kappa shape index (κ2) is 4.95. The maximum absolute atomic E-state index is 12.5. The molecule has 4 nitrogen and oxygen atoms in total. The second-order valence-corrected chi connectivity index (χ2v) is 6.39. The zero-order valence-corrected chi connectivity index (χ0v) is 13.2. The van der Waals surface area contributed by atoms with Crippen LogP contribution in [-0.2, 0) is 0 Å². The summed E-state index contributed by atoms with van der Waals surface area (Å²) in [6.07, 6.45) is 2.37. The topological polar surface area (TPSA) is 54.9 Å². The van der Waals surface area contributed by atoms with Gasteiger partial charge in [-0.05, 0) is 61.4 Å². The summed E-state index contributed by atoms with van der Waals surface area (Å²) in [6, 6.07) is 11.8. The molecule has 1 N–H and O–H groups in total. The Bertz CT molecular complexity index is 1040. The van der Waals surface area contributed by atoms with Crippen LogP contribution in [0.3, 0.4) is 0 Å². The molecule has 0 aliphatic heterocycles. The van der Waals surface area contributed by atoms with E-state index in [1.807, 2.05) is 44.2 Å². The van der Waals surface area contributed by atoms with Gasteiger partial charge in [0.2, 0.25) is 0 Å². The molecule has 1 fully saturated rings. The molecule has 1 aliphatic rings. The number of aryl methyl sites for hydroxylation is 2. The van der Waals surface area contributed by atoms with E-state index < -0.39 is 0 Å². The maximum Gasteiger partial charge on any atom is 0.333 e. The third kappa shape index (κ3) is 2.22. The van der Waals surface area contributed by atoms with Crippen molar-refractivity contribution in [3.63, 3.8) is 0 Å². The molecular weight excluding hydrogens is 288 g/mol. The number of rotatable bonds is 2. The van der Waals surface area contributed by atoms with Gasteiger partial charge < -0.3 is 0 Å². The minimum absolute atomic E-state index is 0.310. The lowest BCUT2D eigenvalue weighted by molar-refractivity contribution is 0.931. The molecule has 0 atom stereocenters. The number of benzene rings is 2. The second-order valence-electron chi connectivity index (χ2n) is 6.39. The van der Waals surface area contributed by atoms with Crippen molar-refractivity contribution in [1.82, 2.24) is 9.55 Å². The highest BCUT2D eigenvalue weighted by Crippen LogP contribution is 2.41. The van der Waals surface area contributed by atoms with E-state index in [0.717, 1.165) is 16.8 Å². The molecule has 1 heterocycles. The van der Waals surface area contributed by atoms with Crippen LogP contribution in [0, 0.1) is 13.8 Å². The van der Waals surface area contributed by atoms with E-state index in [0.29, 0.717) is 16.8 Å². The van der Waals surface area contributed by atoms with Gasteiger partial charge >= 0.3 is 5.69 Å². The standard InChI is InChI=1S/C19H18N2O2/c1-11-5-3-4-6-15(11)21-16-10-14(13-7-8-13)9-12(2)17(16)18(22)20-19(21)23/h3-6,9-10,13H,7-8H2,1-2H3,(H,20,22,23). The summed E-state index contributed by atoms with van der Waals surface area (Å²) >= 11 is 0. The Labute approximate surface area is 133 Å². The van der Waals surface area contributed by atoms with E-state index in [9.17, 15) is 9.59 Å². The average molecular weight is 306 g/mol. The van der Waals surface area contributed by atoms with E-state index in [1.165, 1.54) is 18.4 Å². The van der Waals surface area contributed by atoms with Gasteiger partial charge in [-0.25, -0.2) is 4.79 Å². The molecule has 0 spiro atoms. The summed E-state index contributed by atoms with van der Waals surface area (Å²) in [5.41, 5.74) is 3.97. The van der Waals surface area contributed by atoms with Crippen molar-refractivity contribution in [2.24, 2.45) is 0 Å². The normalized spacial score (nSPS) is 14.3. The zero-order valence-electron chi connectivity index (χ0n) is 13.2. The van der Waals surface area contributed by atoms with Gasteiger partial charge in [-0.15, -0.1) is 0 Å². The van der Waals surface area contributed by atoms with Gasteiger partial charge in [0, 0.05) is 0 Å². The Morgan fingerprint density at radius 3 is 2.48 bits per heavy atom. The Morgan fingerprint density at radius 2 is 1.78 bits per heavy atom. The lowest BCUT2D eigenvalue weighted by Gasteiger charge is -2.14. The highest BCUT2D eigenvalue weighted by molar-refractivity contribution is 5.84. The highest BCUT2D eigenvalue weighted by Gasteiger charge is 2.25. The van der Waals surface area contributed by atoms with Crippen molar-refractivity contribution in [1.29, 1.82) is 0 Å². The molecule has 1 saturated carbocycles. The quantitative estimate of drug-likeness (QED) is 0.790. The molecule has 0 amide bonds. The van der Waals surface area contributed by atoms with Gasteiger partial charge in [0.25, 0.3) is 5.56 Å². The van der Waals surface area contributed by atoms with E-state index >= 15 is 0 Å². The van der Waals surface area contributed by atoms with Crippen LogP contribution in [0.5, 0.6) is 0 Å². The summed E-state index contributed by atoms with van der Waals surface area (Å²) in [5.74, 6) is 0.567. The Kier molecular flexibility index (Phi) is 3.01. The smallest absolute Gasteiger partial charge is 0.273 e. The van der Waals surface area contributed by atoms with Crippen LogP contribution >= 0.6 is 0 Å². The van der Waals surface area contributed by atoms with Crippen LogP contribution in [0.2, 0.25) is 0 Å². The third-order valence-electron chi connectivity index (χ3n) is 4.63. The van der Waals surface area contributed by atoms with Gasteiger partial charge in [-0.2, -0.15) is 0 Å². The van der Waals surface area contributed by atoms with Crippen molar-refractivity contribution in [2.45, 2.75) is 32.6 Å². The van der Waals surface area contributed by atoms with Gasteiger partial charge in [0.05, 0.1) is 16.6 Å². The molecule has 2 aromatic carbocycles. The maximum atomic E-state index is 12.5. The van der Waals surface area contributed by atoms with Crippen LogP contribution in [0.1, 0.15) is 35.4 Å². The molecule has 3 aromatic rings. The number of aromatic amines is 1. The minimum atomic E-state index is -0.385. The van der Waals surface area contributed by atoms with E-state index in [4.69, 9.17) is 0 Å². The molecule has 0 unspecified atom stereocenters. The fourth-order valence-corrected chi connectivity index (χ4v) is 3.30. The fourth-order valence-electron chi connectivity index (χ4n) is 3.30. The average Bonchev–Trinajstić information content (AvgIpc) is 3.33. The first-order valence-electron chi connectivity index (χ1n) is 7.92. The Balaban J connectivity index is 2.17.